The summed E-state index contributed by atoms with van der Waals surface area (Å²) in [7, 11) is 0. The largest absolute Gasteiger partial charge is 0.0839 e. The number of allylic oxidation sites excluding steroid dienone is 2. The highest BCUT2D eigenvalue weighted by Crippen LogP contribution is 2.10. The Morgan fingerprint density at radius 3 is 1.83 bits per heavy atom. The molecule has 0 saturated heterocycles. The van der Waals surface area contributed by atoms with E-state index in [1.807, 2.05) is 12.1 Å². The van der Waals surface area contributed by atoms with Crippen LogP contribution in [0.4, 0.5) is 0 Å². The summed E-state index contributed by atoms with van der Waals surface area (Å²) in [5.74, 6) is 0. The molecule has 0 atom stereocenters. The average molecular weight is 241 g/mol. The number of unbranched alkanes of at least 4 members (excludes halogenated alkanes) is 4. The third-order valence-electron chi connectivity index (χ3n) is 2.90. The van der Waals surface area contributed by atoms with E-state index in [1.54, 1.807) is 0 Å². The van der Waals surface area contributed by atoms with Gasteiger partial charge in [0.25, 0.3) is 0 Å². The quantitative estimate of drug-likeness (QED) is 0.497. The van der Waals surface area contributed by atoms with Crippen molar-refractivity contribution < 1.29 is 0 Å². The first kappa shape index (κ1) is 14.8. The molecule has 1 rings (SSSR count). The van der Waals surface area contributed by atoms with Crippen molar-refractivity contribution >= 4 is 12.2 Å². The summed E-state index contributed by atoms with van der Waals surface area (Å²) < 4.78 is 0. The van der Waals surface area contributed by atoms with Gasteiger partial charge >= 0.3 is 0 Å². The summed E-state index contributed by atoms with van der Waals surface area (Å²) in [6.45, 7) is 4.45. The molecule has 0 aliphatic rings. The maximum absolute atomic E-state index is 3.21. The SMILES string of the molecule is CCCC/C=C/c1c[c]cc(/C=C/CCCC)c1. The van der Waals surface area contributed by atoms with E-state index in [2.05, 4.69) is 50.3 Å². The lowest BCUT2D eigenvalue weighted by molar-refractivity contribution is 0.816. The van der Waals surface area contributed by atoms with Gasteiger partial charge in [-0.2, -0.15) is 0 Å². The van der Waals surface area contributed by atoms with Gasteiger partial charge in [0.1, 0.15) is 0 Å². The average Bonchev–Trinajstić information content (AvgIpc) is 2.40. The molecule has 1 aromatic rings. The molecule has 97 valence electrons. The van der Waals surface area contributed by atoms with Crippen molar-refractivity contribution in [1.82, 2.24) is 0 Å². The summed E-state index contributed by atoms with van der Waals surface area (Å²) in [4.78, 5) is 0. The number of hydrogen-bond acceptors (Lipinski definition) is 0. The van der Waals surface area contributed by atoms with Gasteiger partial charge in [-0.15, -0.1) is 0 Å². The first-order valence-corrected chi connectivity index (χ1v) is 7.21. The van der Waals surface area contributed by atoms with Gasteiger partial charge in [0, 0.05) is 0 Å². The lowest BCUT2D eigenvalue weighted by atomic mass is 10.1. The highest BCUT2D eigenvalue weighted by Gasteiger charge is 1.90. The molecule has 0 aliphatic carbocycles. The van der Waals surface area contributed by atoms with Gasteiger partial charge in [-0.25, -0.2) is 0 Å². The molecule has 0 nitrogen and oxygen atoms in total. The molecule has 18 heavy (non-hydrogen) atoms. The summed E-state index contributed by atoms with van der Waals surface area (Å²) >= 11 is 0. The second-order valence-corrected chi connectivity index (χ2v) is 4.69. The molecule has 0 fully saturated rings. The zero-order valence-corrected chi connectivity index (χ0v) is 11.8. The highest BCUT2D eigenvalue weighted by atomic mass is 13.9. The van der Waals surface area contributed by atoms with Crippen LogP contribution in [0.1, 0.15) is 63.5 Å². The van der Waals surface area contributed by atoms with Gasteiger partial charge in [-0.05, 0) is 48.2 Å². The number of benzene rings is 1. The van der Waals surface area contributed by atoms with Gasteiger partial charge < -0.3 is 0 Å². The third kappa shape index (κ3) is 6.44. The molecule has 0 heterocycles. The van der Waals surface area contributed by atoms with Gasteiger partial charge in [0.2, 0.25) is 0 Å². The van der Waals surface area contributed by atoms with Crippen LogP contribution in [-0.2, 0) is 0 Å². The molecule has 0 N–H and O–H groups in total. The Morgan fingerprint density at radius 1 is 0.889 bits per heavy atom. The van der Waals surface area contributed by atoms with Crippen LogP contribution >= 0.6 is 0 Å². The Morgan fingerprint density at radius 2 is 1.39 bits per heavy atom. The molecule has 1 aromatic carbocycles. The minimum absolute atomic E-state index is 1.17. The van der Waals surface area contributed by atoms with Crippen molar-refractivity contribution in [2.45, 2.75) is 52.4 Å². The van der Waals surface area contributed by atoms with E-state index >= 15 is 0 Å². The Balaban J connectivity index is 2.51. The van der Waals surface area contributed by atoms with Gasteiger partial charge in [0.05, 0.1) is 0 Å². The smallest absolute Gasteiger partial charge is 0.0172 e. The van der Waals surface area contributed by atoms with Crippen molar-refractivity contribution in [3.05, 3.63) is 47.5 Å². The third-order valence-corrected chi connectivity index (χ3v) is 2.90. The van der Waals surface area contributed by atoms with Crippen LogP contribution in [0.5, 0.6) is 0 Å². The topological polar surface area (TPSA) is 0 Å². The fourth-order valence-corrected chi connectivity index (χ4v) is 1.79. The second kappa shape index (κ2) is 9.70. The zero-order chi connectivity index (χ0) is 13.1. The monoisotopic (exact) mass is 241 g/mol. The van der Waals surface area contributed by atoms with E-state index in [0.29, 0.717) is 0 Å². The van der Waals surface area contributed by atoms with Crippen molar-refractivity contribution in [2.24, 2.45) is 0 Å². The predicted octanol–water partition coefficient (Wildman–Crippen LogP) is 5.89. The van der Waals surface area contributed by atoms with Gasteiger partial charge in [-0.3, -0.25) is 0 Å². The van der Waals surface area contributed by atoms with Crippen LogP contribution in [0.2, 0.25) is 0 Å². The summed E-state index contributed by atoms with van der Waals surface area (Å²) in [6.07, 6.45) is 16.3. The van der Waals surface area contributed by atoms with Gasteiger partial charge in [0.15, 0.2) is 0 Å². The minimum Gasteiger partial charge on any atom is -0.0839 e. The molecule has 1 radical (unpaired) electrons. The van der Waals surface area contributed by atoms with E-state index < -0.39 is 0 Å². The summed E-state index contributed by atoms with van der Waals surface area (Å²) in [5, 5.41) is 0. The first-order chi connectivity index (χ1) is 8.86. The Hall–Kier alpha value is -1.30. The molecule has 0 aliphatic heterocycles. The van der Waals surface area contributed by atoms with Gasteiger partial charge in [-0.1, -0.05) is 63.8 Å². The summed E-state index contributed by atoms with van der Waals surface area (Å²) in [5.41, 5.74) is 2.51. The van der Waals surface area contributed by atoms with Crippen molar-refractivity contribution in [3.8, 4) is 0 Å². The number of hydrogen-bond donors (Lipinski definition) is 0. The molecule has 0 bridgehead atoms. The fraction of sp³-hybridized carbons (Fsp3) is 0.444. The van der Waals surface area contributed by atoms with E-state index in [4.69, 9.17) is 0 Å². The van der Waals surface area contributed by atoms with Crippen LogP contribution in [0.25, 0.3) is 12.2 Å². The molecule has 0 aromatic heterocycles. The van der Waals surface area contributed by atoms with Crippen molar-refractivity contribution in [1.29, 1.82) is 0 Å². The molecule has 0 unspecified atom stereocenters. The maximum Gasteiger partial charge on any atom is -0.0172 e. The second-order valence-electron chi connectivity index (χ2n) is 4.69. The Labute approximate surface area is 112 Å². The minimum atomic E-state index is 1.17. The predicted molar refractivity (Wildman–Crippen MR) is 82.4 cm³/mol. The Bertz CT molecular complexity index is 338. The molecular weight excluding hydrogens is 216 g/mol. The van der Waals surface area contributed by atoms with Crippen LogP contribution in [-0.4, -0.2) is 0 Å². The standard InChI is InChI=1S/C18H25/c1-3-5-7-9-12-17-14-11-15-18(16-17)13-10-8-6-4-2/h9-10,12-16H,3-8H2,1-2H3/b12-9+,13-10+. The van der Waals surface area contributed by atoms with E-state index in [-0.39, 0.29) is 0 Å². The van der Waals surface area contributed by atoms with Crippen LogP contribution in [0.15, 0.2) is 30.4 Å². The fourth-order valence-electron chi connectivity index (χ4n) is 1.79. The Kier molecular flexibility index (Phi) is 7.96. The lowest BCUT2D eigenvalue weighted by Crippen LogP contribution is -1.77. The molecule has 0 saturated carbocycles. The van der Waals surface area contributed by atoms with Crippen LogP contribution in [0, 0.1) is 6.07 Å². The zero-order valence-electron chi connectivity index (χ0n) is 11.8. The van der Waals surface area contributed by atoms with E-state index in [0.717, 1.165) is 0 Å². The lowest BCUT2D eigenvalue weighted by Gasteiger charge is -1.97. The summed E-state index contributed by atoms with van der Waals surface area (Å²) in [6, 6.07) is 9.53. The van der Waals surface area contributed by atoms with E-state index in [1.165, 1.54) is 49.7 Å². The van der Waals surface area contributed by atoms with Crippen LogP contribution < -0.4 is 0 Å². The highest BCUT2D eigenvalue weighted by molar-refractivity contribution is 5.57. The molecular formula is C18H25. The van der Waals surface area contributed by atoms with Crippen LogP contribution in [0.3, 0.4) is 0 Å². The number of rotatable bonds is 8. The normalized spacial score (nSPS) is 11.7. The maximum atomic E-state index is 3.21. The molecule has 0 spiro atoms. The molecule has 0 amide bonds. The van der Waals surface area contributed by atoms with Crippen molar-refractivity contribution in [3.63, 3.8) is 0 Å². The molecule has 0 heteroatoms. The van der Waals surface area contributed by atoms with Crippen molar-refractivity contribution in [2.75, 3.05) is 0 Å². The first-order valence-electron chi connectivity index (χ1n) is 7.21. The van der Waals surface area contributed by atoms with E-state index in [9.17, 15) is 0 Å².